The van der Waals surface area contributed by atoms with E-state index in [1.807, 2.05) is 0 Å². The molecule has 8 nitrogen and oxygen atoms in total. The number of urea groups is 1. The second kappa shape index (κ2) is 7.73. The molecule has 21 heavy (non-hydrogen) atoms. The zero-order valence-electron chi connectivity index (χ0n) is 11.7. The number of carbonyl (C=O) groups is 3. The largest absolute Gasteiger partial charge is 0.495 e. The number of rotatable bonds is 6. The molecule has 0 aliphatic carbocycles. The Bertz CT molecular complexity index is 545. The van der Waals surface area contributed by atoms with Gasteiger partial charge < -0.3 is 25.8 Å². The molecular weight excluding hydrogens is 278 g/mol. The molecule has 0 atom stereocenters. The van der Waals surface area contributed by atoms with Gasteiger partial charge in [0, 0.05) is 20.0 Å². The van der Waals surface area contributed by atoms with Gasteiger partial charge in [0.05, 0.1) is 18.4 Å². The molecule has 4 N–H and O–H groups in total. The molecular formula is C13H17N3O5. The Hall–Kier alpha value is -2.77. The lowest BCUT2D eigenvalue weighted by atomic mass is 10.2. The van der Waals surface area contributed by atoms with Crippen LogP contribution in [-0.2, 0) is 4.79 Å². The highest BCUT2D eigenvalue weighted by Gasteiger charge is 2.11. The third-order valence-electron chi connectivity index (χ3n) is 2.61. The number of amides is 3. The van der Waals surface area contributed by atoms with Crippen molar-refractivity contribution in [2.75, 3.05) is 26.0 Å². The lowest BCUT2D eigenvalue weighted by Crippen LogP contribution is -2.32. The van der Waals surface area contributed by atoms with E-state index >= 15 is 0 Å². The molecule has 0 bridgehead atoms. The smallest absolute Gasteiger partial charge is 0.335 e. The number of aromatic carboxylic acids is 1. The minimum atomic E-state index is -1.11. The number of carboxylic acid groups (broad SMARTS) is 1. The van der Waals surface area contributed by atoms with E-state index in [1.165, 1.54) is 32.4 Å². The van der Waals surface area contributed by atoms with E-state index in [0.717, 1.165) is 0 Å². The number of ether oxygens (including phenoxy) is 1. The fraction of sp³-hybridized carbons (Fsp3) is 0.308. The maximum absolute atomic E-state index is 11.7. The number of hydrogen-bond acceptors (Lipinski definition) is 4. The van der Waals surface area contributed by atoms with Crippen LogP contribution in [0.2, 0.25) is 0 Å². The van der Waals surface area contributed by atoms with E-state index < -0.39 is 12.0 Å². The van der Waals surface area contributed by atoms with E-state index in [0.29, 0.717) is 5.75 Å². The molecule has 0 fully saturated rings. The van der Waals surface area contributed by atoms with Gasteiger partial charge in [0.25, 0.3) is 0 Å². The number of methoxy groups -OCH3 is 1. The summed E-state index contributed by atoms with van der Waals surface area (Å²) in [6.45, 7) is 0.159. The molecule has 3 amide bonds. The standard InChI is InChI=1S/C13H17N3O5/c1-14-11(17)5-6-15-13(20)16-9-7-8(12(18)19)3-4-10(9)21-2/h3-4,7H,5-6H2,1-2H3,(H,14,17)(H,18,19)(H2,15,16,20). The number of carboxylic acids is 1. The molecule has 0 saturated carbocycles. The first-order valence-corrected chi connectivity index (χ1v) is 6.14. The van der Waals surface area contributed by atoms with Crippen molar-refractivity contribution < 1.29 is 24.2 Å². The summed E-state index contributed by atoms with van der Waals surface area (Å²) < 4.78 is 5.04. The first kappa shape index (κ1) is 16.3. The average molecular weight is 295 g/mol. The average Bonchev–Trinajstić information content (AvgIpc) is 2.46. The van der Waals surface area contributed by atoms with Crippen molar-refractivity contribution in [2.24, 2.45) is 0 Å². The Balaban J connectivity index is 2.67. The maximum Gasteiger partial charge on any atom is 0.335 e. The van der Waals surface area contributed by atoms with E-state index in [4.69, 9.17) is 9.84 Å². The molecule has 114 valence electrons. The molecule has 0 unspecified atom stereocenters. The number of benzene rings is 1. The molecule has 0 saturated heterocycles. The molecule has 0 heterocycles. The second-order valence-electron chi connectivity index (χ2n) is 4.02. The summed E-state index contributed by atoms with van der Waals surface area (Å²) in [5.74, 6) is -0.970. The normalized spacial score (nSPS) is 9.62. The van der Waals surface area contributed by atoms with Crippen LogP contribution in [0.4, 0.5) is 10.5 Å². The summed E-state index contributed by atoms with van der Waals surface area (Å²) in [5.41, 5.74) is 0.256. The van der Waals surface area contributed by atoms with Gasteiger partial charge in [-0.05, 0) is 18.2 Å². The SMILES string of the molecule is CNC(=O)CCNC(=O)Nc1cc(C(=O)O)ccc1OC. The van der Waals surface area contributed by atoms with Crippen LogP contribution in [0.5, 0.6) is 5.75 Å². The van der Waals surface area contributed by atoms with Gasteiger partial charge in [-0.25, -0.2) is 9.59 Å². The third kappa shape index (κ3) is 5.01. The first-order valence-electron chi connectivity index (χ1n) is 6.14. The van der Waals surface area contributed by atoms with Gasteiger partial charge in [0.1, 0.15) is 5.75 Å². The Labute approximate surface area is 121 Å². The molecule has 0 spiro atoms. The number of anilines is 1. The van der Waals surface area contributed by atoms with Crippen molar-refractivity contribution >= 4 is 23.6 Å². The number of hydrogen-bond donors (Lipinski definition) is 4. The van der Waals surface area contributed by atoms with Crippen LogP contribution < -0.4 is 20.7 Å². The molecule has 1 rings (SSSR count). The summed E-state index contributed by atoms with van der Waals surface area (Å²) in [5, 5.41) is 16.3. The molecule has 8 heteroatoms. The van der Waals surface area contributed by atoms with E-state index in [2.05, 4.69) is 16.0 Å². The quantitative estimate of drug-likeness (QED) is 0.615. The van der Waals surface area contributed by atoms with Crippen molar-refractivity contribution in [3.05, 3.63) is 23.8 Å². The zero-order chi connectivity index (χ0) is 15.8. The van der Waals surface area contributed by atoms with Gasteiger partial charge in [-0.15, -0.1) is 0 Å². The van der Waals surface area contributed by atoms with E-state index in [1.54, 1.807) is 0 Å². The molecule has 0 aromatic heterocycles. The minimum absolute atomic E-state index is 0.0245. The monoisotopic (exact) mass is 295 g/mol. The van der Waals surface area contributed by atoms with Crippen LogP contribution in [0.1, 0.15) is 16.8 Å². The van der Waals surface area contributed by atoms with Crippen LogP contribution in [0.3, 0.4) is 0 Å². The highest BCUT2D eigenvalue weighted by atomic mass is 16.5. The van der Waals surface area contributed by atoms with Gasteiger partial charge in [-0.3, -0.25) is 4.79 Å². The van der Waals surface area contributed by atoms with Crippen LogP contribution in [-0.4, -0.2) is 43.7 Å². The summed E-state index contributed by atoms with van der Waals surface area (Å²) in [7, 11) is 2.91. The van der Waals surface area contributed by atoms with Crippen molar-refractivity contribution in [3.63, 3.8) is 0 Å². The van der Waals surface area contributed by atoms with Gasteiger partial charge in [0.2, 0.25) is 5.91 Å². The van der Waals surface area contributed by atoms with Crippen molar-refractivity contribution in [1.29, 1.82) is 0 Å². The third-order valence-corrected chi connectivity index (χ3v) is 2.61. The Morgan fingerprint density at radius 2 is 2.00 bits per heavy atom. The topological polar surface area (TPSA) is 117 Å². The van der Waals surface area contributed by atoms with Gasteiger partial charge in [0.15, 0.2) is 0 Å². The first-order chi connectivity index (χ1) is 9.97. The Morgan fingerprint density at radius 3 is 2.57 bits per heavy atom. The van der Waals surface area contributed by atoms with Gasteiger partial charge in [-0.1, -0.05) is 0 Å². The second-order valence-corrected chi connectivity index (χ2v) is 4.02. The van der Waals surface area contributed by atoms with Crippen LogP contribution in [0.25, 0.3) is 0 Å². The predicted molar refractivity (Wildman–Crippen MR) is 75.7 cm³/mol. The lowest BCUT2D eigenvalue weighted by molar-refractivity contribution is -0.120. The summed E-state index contributed by atoms with van der Waals surface area (Å²) >= 11 is 0. The van der Waals surface area contributed by atoms with Crippen LogP contribution >= 0.6 is 0 Å². The summed E-state index contributed by atoms with van der Waals surface area (Å²) in [6.07, 6.45) is 0.149. The van der Waals surface area contributed by atoms with Crippen LogP contribution in [0, 0.1) is 0 Å². The highest BCUT2D eigenvalue weighted by molar-refractivity contribution is 5.95. The fourth-order valence-corrected chi connectivity index (χ4v) is 1.52. The molecule has 0 aliphatic heterocycles. The van der Waals surface area contributed by atoms with Crippen molar-refractivity contribution in [2.45, 2.75) is 6.42 Å². The molecule has 0 radical (unpaired) electrons. The predicted octanol–water partition coefficient (Wildman–Crippen LogP) is 0.651. The van der Waals surface area contributed by atoms with Gasteiger partial charge >= 0.3 is 12.0 Å². The van der Waals surface area contributed by atoms with E-state index in [-0.39, 0.29) is 30.1 Å². The maximum atomic E-state index is 11.7. The lowest BCUT2D eigenvalue weighted by Gasteiger charge is -2.11. The fourth-order valence-electron chi connectivity index (χ4n) is 1.52. The number of carbonyl (C=O) groups excluding carboxylic acids is 2. The Kier molecular flexibility index (Phi) is 5.99. The number of nitrogens with one attached hydrogen (secondary N) is 3. The Morgan fingerprint density at radius 1 is 1.29 bits per heavy atom. The minimum Gasteiger partial charge on any atom is -0.495 e. The molecule has 1 aromatic rings. The highest BCUT2D eigenvalue weighted by Crippen LogP contribution is 2.25. The molecule has 0 aliphatic rings. The van der Waals surface area contributed by atoms with Gasteiger partial charge in [-0.2, -0.15) is 0 Å². The van der Waals surface area contributed by atoms with Crippen molar-refractivity contribution in [3.8, 4) is 5.75 Å². The summed E-state index contributed by atoms with van der Waals surface area (Å²) in [6, 6.07) is 3.55. The van der Waals surface area contributed by atoms with E-state index in [9.17, 15) is 14.4 Å². The molecule has 1 aromatic carbocycles. The zero-order valence-corrected chi connectivity index (χ0v) is 11.7. The van der Waals surface area contributed by atoms with Crippen LogP contribution in [0.15, 0.2) is 18.2 Å². The van der Waals surface area contributed by atoms with Crippen molar-refractivity contribution in [1.82, 2.24) is 10.6 Å². The summed E-state index contributed by atoms with van der Waals surface area (Å²) in [4.78, 5) is 33.6.